The van der Waals surface area contributed by atoms with Gasteiger partial charge in [0.05, 0.1) is 23.3 Å². The molecule has 3 heterocycles. The topological polar surface area (TPSA) is 85.5 Å². The second-order valence-corrected chi connectivity index (χ2v) is 8.34. The number of nitrogens with zero attached hydrogens (tertiary/aromatic N) is 3. The highest BCUT2D eigenvalue weighted by Crippen LogP contribution is 2.41. The molecule has 0 radical (unpaired) electrons. The van der Waals surface area contributed by atoms with Gasteiger partial charge >= 0.3 is 0 Å². The summed E-state index contributed by atoms with van der Waals surface area (Å²) in [6.45, 7) is 2.81. The fourth-order valence-electron chi connectivity index (χ4n) is 3.40. The molecule has 1 aliphatic carbocycles. The summed E-state index contributed by atoms with van der Waals surface area (Å²) in [5.41, 5.74) is 0. The molecule has 0 N–H and O–H groups in total. The third kappa shape index (κ3) is 2.29. The summed E-state index contributed by atoms with van der Waals surface area (Å²) in [7, 11) is -3.21. The Morgan fingerprint density at radius 2 is 2.05 bits per heavy atom. The lowest BCUT2D eigenvalue weighted by molar-refractivity contribution is 0.0426. The van der Waals surface area contributed by atoms with Crippen molar-refractivity contribution in [3.05, 3.63) is 11.8 Å². The molecule has 0 unspecified atom stereocenters. The number of hydrogen-bond acceptors (Lipinski definition) is 6. The van der Waals surface area contributed by atoms with E-state index in [4.69, 9.17) is 9.15 Å². The van der Waals surface area contributed by atoms with Crippen molar-refractivity contribution in [3.63, 3.8) is 0 Å². The minimum Gasteiger partial charge on any atom is -0.425 e. The zero-order chi connectivity index (χ0) is 14.6. The lowest BCUT2D eigenvalue weighted by atomic mass is 9.92. The van der Waals surface area contributed by atoms with E-state index in [-0.39, 0.29) is 23.3 Å². The summed E-state index contributed by atoms with van der Waals surface area (Å²) >= 11 is 0. The molecule has 2 aliphatic heterocycles. The number of hydrogen-bond donors (Lipinski definition) is 0. The van der Waals surface area contributed by atoms with Crippen LogP contribution in [0.1, 0.15) is 43.4 Å². The minimum absolute atomic E-state index is 0.0177. The Hall–Kier alpha value is -0.990. The third-order valence-corrected chi connectivity index (χ3v) is 7.01. The van der Waals surface area contributed by atoms with Gasteiger partial charge in [0, 0.05) is 20.1 Å². The summed E-state index contributed by atoms with van der Waals surface area (Å²) in [4.78, 5) is 0. The fourth-order valence-corrected chi connectivity index (χ4v) is 5.53. The van der Waals surface area contributed by atoms with Crippen LogP contribution in [-0.4, -0.2) is 53.5 Å². The van der Waals surface area contributed by atoms with Crippen LogP contribution in [0.4, 0.5) is 0 Å². The van der Waals surface area contributed by atoms with Gasteiger partial charge in [-0.3, -0.25) is 0 Å². The van der Waals surface area contributed by atoms with Crippen LogP contribution in [0, 0.1) is 6.92 Å². The number of piperidine rings is 1. The first kappa shape index (κ1) is 13.7. The number of fused-ring (bicyclic) bond motifs is 1. The molecule has 7 nitrogen and oxygen atoms in total. The lowest BCUT2D eigenvalue weighted by Gasteiger charge is -2.38. The quantitative estimate of drug-likeness (QED) is 0.821. The summed E-state index contributed by atoms with van der Waals surface area (Å²) < 4.78 is 38.3. The summed E-state index contributed by atoms with van der Waals surface area (Å²) in [5, 5.41) is 7.73. The molecule has 3 fully saturated rings. The molecular weight excluding hydrogens is 294 g/mol. The Labute approximate surface area is 123 Å². The Kier molecular flexibility index (Phi) is 3.09. The Morgan fingerprint density at radius 3 is 2.71 bits per heavy atom. The van der Waals surface area contributed by atoms with Crippen molar-refractivity contribution in [2.75, 3.05) is 13.2 Å². The average Bonchev–Trinajstić information content (AvgIpc) is 3.07. The van der Waals surface area contributed by atoms with Crippen molar-refractivity contribution in [1.82, 2.24) is 14.5 Å². The first-order valence-electron chi connectivity index (χ1n) is 7.48. The number of sulfonamides is 1. The van der Waals surface area contributed by atoms with Gasteiger partial charge in [-0.05, 0) is 25.7 Å². The fraction of sp³-hybridized carbons (Fsp3) is 0.846. The number of aromatic nitrogens is 2. The molecule has 8 heteroatoms. The maximum atomic E-state index is 12.7. The SMILES string of the molecule is Cc1nnc([C@H]2C[C@H]3OCC[C@H]3N(S(=O)(=O)C3CC3)C2)o1. The molecule has 0 spiro atoms. The third-order valence-electron chi connectivity index (χ3n) is 4.63. The van der Waals surface area contributed by atoms with E-state index < -0.39 is 10.0 Å². The molecule has 21 heavy (non-hydrogen) atoms. The molecule has 1 aromatic rings. The zero-order valence-corrected chi connectivity index (χ0v) is 12.8. The number of ether oxygens (including phenoxy) is 1. The van der Waals surface area contributed by atoms with Crippen molar-refractivity contribution < 1.29 is 17.6 Å². The van der Waals surface area contributed by atoms with E-state index >= 15 is 0 Å². The van der Waals surface area contributed by atoms with Crippen LogP contribution in [0.15, 0.2) is 4.42 Å². The minimum atomic E-state index is -3.21. The van der Waals surface area contributed by atoms with Gasteiger partial charge in [0.25, 0.3) is 0 Å². The highest BCUT2D eigenvalue weighted by Gasteiger charge is 2.50. The Morgan fingerprint density at radius 1 is 1.24 bits per heavy atom. The van der Waals surface area contributed by atoms with Gasteiger partial charge in [-0.2, -0.15) is 4.31 Å². The van der Waals surface area contributed by atoms with E-state index in [0.717, 1.165) is 25.7 Å². The van der Waals surface area contributed by atoms with Crippen LogP contribution < -0.4 is 0 Å². The second kappa shape index (κ2) is 4.76. The maximum Gasteiger partial charge on any atom is 0.221 e. The molecule has 3 aliphatic rings. The van der Waals surface area contributed by atoms with Gasteiger partial charge in [0.2, 0.25) is 21.8 Å². The summed E-state index contributed by atoms with van der Waals surface area (Å²) in [6.07, 6.45) is 3.04. The molecule has 0 amide bonds. The summed E-state index contributed by atoms with van der Waals surface area (Å²) in [6, 6.07) is -0.0177. The summed E-state index contributed by atoms with van der Waals surface area (Å²) in [5.74, 6) is 0.965. The standard InChI is InChI=1S/C13H19N3O4S/c1-8-14-15-13(20-8)9-6-12-11(4-5-19-12)16(7-9)21(17,18)10-2-3-10/h9-12H,2-7H2,1H3/t9-,11+,12+/m0/s1. The maximum absolute atomic E-state index is 12.7. The largest absolute Gasteiger partial charge is 0.425 e. The van der Waals surface area contributed by atoms with E-state index in [0.29, 0.717) is 24.9 Å². The van der Waals surface area contributed by atoms with Crippen molar-refractivity contribution >= 4 is 10.0 Å². The highest BCUT2D eigenvalue weighted by atomic mass is 32.2. The molecule has 3 atom stereocenters. The molecule has 2 saturated heterocycles. The van der Waals surface area contributed by atoms with Gasteiger partial charge in [-0.1, -0.05) is 0 Å². The molecule has 4 rings (SSSR count). The lowest BCUT2D eigenvalue weighted by Crippen LogP contribution is -2.52. The van der Waals surface area contributed by atoms with Crippen molar-refractivity contribution in [2.45, 2.75) is 55.9 Å². The van der Waals surface area contributed by atoms with Crippen LogP contribution in [0.25, 0.3) is 0 Å². The van der Waals surface area contributed by atoms with Crippen molar-refractivity contribution in [3.8, 4) is 0 Å². The number of aryl methyl sites for hydroxylation is 1. The van der Waals surface area contributed by atoms with Crippen molar-refractivity contribution in [1.29, 1.82) is 0 Å². The molecule has 0 bridgehead atoms. The smallest absolute Gasteiger partial charge is 0.221 e. The van der Waals surface area contributed by atoms with Gasteiger partial charge < -0.3 is 9.15 Å². The van der Waals surface area contributed by atoms with Crippen LogP contribution in [0.2, 0.25) is 0 Å². The van der Waals surface area contributed by atoms with Crippen LogP contribution in [0.3, 0.4) is 0 Å². The highest BCUT2D eigenvalue weighted by molar-refractivity contribution is 7.90. The van der Waals surface area contributed by atoms with E-state index in [1.807, 2.05) is 0 Å². The van der Waals surface area contributed by atoms with E-state index in [2.05, 4.69) is 10.2 Å². The second-order valence-electron chi connectivity index (χ2n) is 6.17. The van der Waals surface area contributed by atoms with Gasteiger partial charge in [0.1, 0.15) is 0 Å². The normalized spacial score (nSPS) is 34.0. The molecular formula is C13H19N3O4S. The molecule has 1 aromatic heterocycles. The van der Waals surface area contributed by atoms with E-state index in [9.17, 15) is 8.42 Å². The van der Waals surface area contributed by atoms with Gasteiger partial charge in [0.15, 0.2) is 0 Å². The van der Waals surface area contributed by atoms with Gasteiger partial charge in [-0.25, -0.2) is 8.42 Å². The monoisotopic (exact) mass is 313 g/mol. The first-order chi connectivity index (χ1) is 10.1. The average molecular weight is 313 g/mol. The van der Waals surface area contributed by atoms with E-state index in [1.54, 1.807) is 11.2 Å². The molecule has 0 aromatic carbocycles. The Bertz CT molecular complexity index is 640. The Balaban J connectivity index is 1.64. The van der Waals surface area contributed by atoms with E-state index in [1.165, 1.54) is 0 Å². The predicted molar refractivity (Wildman–Crippen MR) is 73.2 cm³/mol. The molecule has 1 saturated carbocycles. The van der Waals surface area contributed by atoms with Crippen molar-refractivity contribution in [2.24, 2.45) is 0 Å². The predicted octanol–water partition coefficient (Wildman–Crippen LogP) is 0.817. The van der Waals surface area contributed by atoms with Gasteiger partial charge in [-0.15, -0.1) is 10.2 Å². The number of rotatable bonds is 3. The molecule has 116 valence electrons. The zero-order valence-electron chi connectivity index (χ0n) is 11.9. The van der Waals surface area contributed by atoms with Crippen LogP contribution in [0.5, 0.6) is 0 Å². The van der Waals surface area contributed by atoms with Crippen LogP contribution >= 0.6 is 0 Å². The van der Waals surface area contributed by atoms with Crippen LogP contribution in [-0.2, 0) is 14.8 Å². The first-order valence-corrected chi connectivity index (χ1v) is 8.98.